The minimum atomic E-state index is 0.455. The molecule has 1 heterocycles. The molecule has 3 aromatic carbocycles. The minimum Gasteiger partial charge on any atom is -0.495 e. The van der Waals surface area contributed by atoms with Gasteiger partial charge in [-0.05, 0) is 30.3 Å². The Bertz CT molecular complexity index is 1190. The number of aromatic nitrogens is 2. The zero-order valence-corrected chi connectivity index (χ0v) is 18.5. The van der Waals surface area contributed by atoms with Gasteiger partial charge in [0.05, 0.1) is 30.6 Å². The molecule has 0 radical (unpaired) electrons. The molecule has 0 N–H and O–H groups in total. The monoisotopic (exact) mass is 458 g/mol. The second kappa shape index (κ2) is 8.60. The van der Waals surface area contributed by atoms with Gasteiger partial charge in [-0.3, -0.25) is 0 Å². The molecule has 7 heteroatoms. The molecule has 4 rings (SSSR count). The van der Waals surface area contributed by atoms with Crippen LogP contribution in [-0.2, 0) is 0 Å². The zero-order chi connectivity index (χ0) is 21.3. The summed E-state index contributed by atoms with van der Waals surface area (Å²) in [6, 6.07) is 20.6. The van der Waals surface area contributed by atoms with Crippen molar-refractivity contribution in [2.45, 2.75) is 0 Å². The van der Waals surface area contributed by atoms with E-state index in [9.17, 15) is 0 Å². The lowest BCUT2D eigenvalue weighted by Gasteiger charge is -2.14. The number of methoxy groups -OCH3 is 2. The van der Waals surface area contributed by atoms with E-state index in [1.54, 1.807) is 26.4 Å². The van der Waals surface area contributed by atoms with Crippen LogP contribution in [0, 0.1) is 0 Å². The second-order valence-electron chi connectivity index (χ2n) is 6.50. The summed E-state index contributed by atoms with van der Waals surface area (Å²) in [5.74, 6) is 1.10. The van der Waals surface area contributed by atoms with Crippen LogP contribution in [0.2, 0.25) is 15.1 Å². The number of halogens is 3. The number of rotatable bonds is 5. The largest absolute Gasteiger partial charge is 0.495 e. The van der Waals surface area contributed by atoms with Crippen molar-refractivity contribution < 1.29 is 9.47 Å². The van der Waals surface area contributed by atoms with E-state index in [0.29, 0.717) is 32.3 Å². The van der Waals surface area contributed by atoms with Crippen molar-refractivity contribution in [3.05, 3.63) is 81.8 Å². The first-order valence-corrected chi connectivity index (χ1v) is 10.2. The molecule has 30 heavy (non-hydrogen) atoms. The zero-order valence-electron chi connectivity index (χ0n) is 16.2. The normalized spacial score (nSPS) is 10.8. The average Bonchev–Trinajstić information content (AvgIpc) is 3.19. The lowest BCUT2D eigenvalue weighted by atomic mass is 10.1. The van der Waals surface area contributed by atoms with Gasteiger partial charge in [-0.25, -0.2) is 4.68 Å². The van der Waals surface area contributed by atoms with Crippen molar-refractivity contribution in [1.29, 1.82) is 0 Å². The van der Waals surface area contributed by atoms with Gasteiger partial charge in [-0.1, -0.05) is 59.1 Å². The Morgan fingerprint density at radius 3 is 1.83 bits per heavy atom. The molecule has 0 aliphatic carbocycles. The molecule has 0 spiro atoms. The van der Waals surface area contributed by atoms with Gasteiger partial charge in [0.25, 0.3) is 0 Å². The number of hydrogen-bond donors (Lipinski definition) is 0. The van der Waals surface area contributed by atoms with Gasteiger partial charge >= 0.3 is 0 Å². The van der Waals surface area contributed by atoms with Crippen LogP contribution in [0.3, 0.4) is 0 Å². The van der Waals surface area contributed by atoms with E-state index < -0.39 is 0 Å². The van der Waals surface area contributed by atoms with E-state index in [1.165, 1.54) is 0 Å². The van der Waals surface area contributed by atoms with E-state index in [4.69, 9.17) is 49.4 Å². The summed E-state index contributed by atoms with van der Waals surface area (Å²) in [6.07, 6.45) is 0. The Balaban J connectivity index is 1.96. The molecule has 0 fully saturated rings. The van der Waals surface area contributed by atoms with Crippen LogP contribution in [0.1, 0.15) is 0 Å². The molecular weight excluding hydrogens is 443 g/mol. The van der Waals surface area contributed by atoms with Gasteiger partial charge in [0, 0.05) is 33.3 Å². The van der Waals surface area contributed by atoms with Crippen LogP contribution in [0.25, 0.3) is 28.2 Å². The van der Waals surface area contributed by atoms with Crippen molar-refractivity contribution in [2.24, 2.45) is 0 Å². The fraction of sp³-hybridized carbons (Fsp3) is 0.0870. The van der Waals surface area contributed by atoms with Crippen molar-refractivity contribution in [3.8, 4) is 39.7 Å². The summed E-state index contributed by atoms with van der Waals surface area (Å²) in [7, 11) is 3.16. The lowest BCUT2D eigenvalue weighted by molar-refractivity contribution is 0.401. The third kappa shape index (κ3) is 3.99. The molecule has 0 saturated heterocycles. The van der Waals surface area contributed by atoms with Gasteiger partial charge in [0.15, 0.2) is 0 Å². The lowest BCUT2D eigenvalue weighted by Crippen LogP contribution is -2.03. The van der Waals surface area contributed by atoms with E-state index in [1.807, 2.05) is 59.3 Å². The Kier molecular flexibility index (Phi) is 5.91. The van der Waals surface area contributed by atoms with Crippen molar-refractivity contribution in [2.75, 3.05) is 14.2 Å². The molecule has 0 aliphatic heterocycles. The molecule has 1 aromatic heterocycles. The molecule has 0 saturated carbocycles. The maximum Gasteiger partial charge on any atom is 0.146 e. The van der Waals surface area contributed by atoms with Gasteiger partial charge in [-0.15, -0.1) is 0 Å². The van der Waals surface area contributed by atoms with Crippen molar-refractivity contribution in [3.63, 3.8) is 0 Å². The standard InChI is InChI=1S/C23H17Cl3N2O2/c1-29-22-13-21(23(30-2)11-18(22)26)28-20(15-5-9-17(25)10-6-15)12-19(27-28)14-3-7-16(24)8-4-14/h3-13H,1-2H3. The van der Waals surface area contributed by atoms with Crippen molar-refractivity contribution in [1.82, 2.24) is 9.78 Å². The van der Waals surface area contributed by atoms with Gasteiger partial charge < -0.3 is 9.47 Å². The third-order valence-corrected chi connectivity index (χ3v) is 5.47. The highest BCUT2D eigenvalue weighted by Gasteiger charge is 2.18. The summed E-state index contributed by atoms with van der Waals surface area (Å²) in [5.41, 5.74) is 4.23. The smallest absolute Gasteiger partial charge is 0.146 e. The Hall–Kier alpha value is -2.66. The summed E-state index contributed by atoms with van der Waals surface area (Å²) in [4.78, 5) is 0. The first kappa shape index (κ1) is 20.6. The highest BCUT2D eigenvalue weighted by molar-refractivity contribution is 6.32. The fourth-order valence-electron chi connectivity index (χ4n) is 3.16. The van der Waals surface area contributed by atoms with E-state index in [2.05, 4.69) is 0 Å². The molecule has 0 bridgehead atoms. The molecule has 152 valence electrons. The third-order valence-electron chi connectivity index (χ3n) is 4.67. The van der Waals surface area contributed by atoms with E-state index in [0.717, 1.165) is 22.5 Å². The molecule has 0 unspecified atom stereocenters. The summed E-state index contributed by atoms with van der Waals surface area (Å²) in [6.45, 7) is 0. The second-order valence-corrected chi connectivity index (χ2v) is 7.78. The Morgan fingerprint density at radius 1 is 0.700 bits per heavy atom. The quantitative estimate of drug-likeness (QED) is 0.317. The van der Waals surface area contributed by atoms with Gasteiger partial charge in [0.1, 0.15) is 17.2 Å². The van der Waals surface area contributed by atoms with Crippen LogP contribution in [0.4, 0.5) is 0 Å². The Morgan fingerprint density at radius 2 is 1.27 bits per heavy atom. The summed E-state index contributed by atoms with van der Waals surface area (Å²) >= 11 is 18.4. The maximum atomic E-state index is 6.30. The molecule has 0 aliphatic rings. The Labute approximate surface area is 189 Å². The van der Waals surface area contributed by atoms with Crippen LogP contribution in [0.15, 0.2) is 66.7 Å². The number of nitrogens with zero attached hydrogens (tertiary/aromatic N) is 2. The van der Waals surface area contributed by atoms with Crippen LogP contribution < -0.4 is 9.47 Å². The number of ether oxygens (including phenoxy) is 2. The number of hydrogen-bond acceptors (Lipinski definition) is 3. The topological polar surface area (TPSA) is 36.3 Å². The minimum absolute atomic E-state index is 0.455. The molecule has 0 amide bonds. The summed E-state index contributed by atoms with van der Waals surface area (Å²) in [5, 5.41) is 6.64. The highest BCUT2D eigenvalue weighted by Crippen LogP contribution is 2.38. The van der Waals surface area contributed by atoms with E-state index in [-0.39, 0.29) is 0 Å². The maximum absolute atomic E-state index is 6.30. The molecule has 4 aromatic rings. The van der Waals surface area contributed by atoms with Crippen LogP contribution in [-0.4, -0.2) is 24.0 Å². The predicted molar refractivity (Wildman–Crippen MR) is 123 cm³/mol. The fourth-order valence-corrected chi connectivity index (χ4v) is 3.65. The van der Waals surface area contributed by atoms with Crippen molar-refractivity contribution >= 4 is 34.8 Å². The van der Waals surface area contributed by atoms with Crippen LogP contribution >= 0.6 is 34.8 Å². The highest BCUT2D eigenvalue weighted by atomic mass is 35.5. The van der Waals surface area contributed by atoms with Gasteiger partial charge in [0.2, 0.25) is 0 Å². The molecule has 4 nitrogen and oxygen atoms in total. The molecular formula is C23H17Cl3N2O2. The first-order chi connectivity index (χ1) is 14.5. The van der Waals surface area contributed by atoms with Crippen LogP contribution in [0.5, 0.6) is 11.5 Å². The molecule has 0 atom stereocenters. The average molecular weight is 460 g/mol. The summed E-state index contributed by atoms with van der Waals surface area (Å²) < 4.78 is 12.8. The number of benzene rings is 3. The first-order valence-electron chi connectivity index (χ1n) is 9.04. The van der Waals surface area contributed by atoms with Gasteiger partial charge in [-0.2, -0.15) is 5.10 Å². The predicted octanol–water partition coefficient (Wildman–Crippen LogP) is 7.18. The van der Waals surface area contributed by atoms with E-state index >= 15 is 0 Å². The SMILES string of the molecule is COc1cc(-n2nc(-c3ccc(Cl)cc3)cc2-c2ccc(Cl)cc2)c(OC)cc1Cl.